The van der Waals surface area contributed by atoms with Crippen LogP contribution in [0.5, 0.6) is 0 Å². The lowest BCUT2D eigenvalue weighted by molar-refractivity contribution is -0.129. The van der Waals surface area contributed by atoms with Crippen LogP contribution in [0.2, 0.25) is 1.41 Å². The van der Waals surface area contributed by atoms with Crippen molar-refractivity contribution in [1.82, 2.24) is 20.6 Å². The Balaban J connectivity index is 1.58. The lowest BCUT2D eigenvalue weighted by atomic mass is 10.1. The Morgan fingerprint density at radius 3 is 2.95 bits per heavy atom. The van der Waals surface area contributed by atoms with Crippen LogP contribution in [-0.2, 0) is 14.3 Å². The molecule has 1 unspecified atom stereocenters. The van der Waals surface area contributed by atoms with Crippen LogP contribution in [0.3, 0.4) is 0 Å². The highest BCUT2D eigenvalue weighted by molar-refractivity contribution is 6.10. The van der Waals surface area contributed by atoms with Crippen molar-refractivity contribution >= 4 is 11.8 Å². The Kier molecular flexibility index (Phi) is 2.56. The average molecular weight is 291 g/mol. The van der Waals surface area contributed by atoms with Crippen LogP contribution < -0.4 is 10.7 Å². The highest BCUT2D eigenvalue weighted by Crippen LogP contribution is 2.37. The molecule has 4 rings (SSSR count). The van der Waals surface area contributed by atoms with Crippen molar-refractivity contribution < 1.29 is 15.7 Å². The second-order valence-electron chi connectivity index (χ2n) is 5.81. The molecule has 2 amide bonds. The number of ether oxygens (including phenoxy) is 1. The molecule has 2 N–H and O–H groups in total. The van der Waals surface area contributed by atoms with E-state index in [2.05, 4.69) is 5.32 Å². The van der Waals surface area contributed by atoms with Crippen molar-refractivity contribution in [3.63, 3.8) is 0 Å². The molecule has 4 aliphatic rings. The fraction of sp³-hybridized carbons (Fsp3) is 0.571. The van der Waals surface area contributed by atoms with E-state index in [1.807, 2.05) is 6.08 Å². The van der Waals surface area contributed by atoms with E-state index in [1.165, 1.54) is 10.4 Å². The number of amides is 2. The van der Waals surface area contributed by atoms with Gasteiger partial charge in [0.1, 0.15) is 12.9 Å². The fourth-order valence-electron chi connectivity index (χ4n) is 2.96. The summed E-state index contributed by atoms with van der Waals surface area (Å²) in [6, 6.07) is -0.0776. The summed E-state index contributed by atoms with van der Waals surface area (Å²) in [4.78, 5) is 26.6. The monoisotopic (exact) mass is 291 g/mol. The normalized spacial score (nSPS) is 29.5. The number of hydrogen-bond acceptors (Lipinski definition) is 5. The second kappa shape index (κ2) is 4.57. The van der Waals surface area contributed by atoms with Crippen LogP contribution in [0, 0.1) is 5.92 Å². The van der Waals surface area contributed by atoms with Crippen molar-refractivity contribution in [2.45, 2.75) is 18.9 Å². The maximum atomic E-state index is 12.7. The van der Waals surface area contributed by atoms with Crippen molar-refractivity contribution in [3.8, 4) is 0 Å². The summed E-state index contributed by atoms with van der Waals surface area (Å²) in [6.45, 7) is 1.15. The van der Waals surface area contributed by atoms with Gasteiger partial charge in [-0.2, -0.15) is 0 Å². The van der Waals surface area contributed by atoms with E-state index in [0.717, 1.165) is 12.8 Å². The van der Waals surface area contributed by atoms with Gasteiger partial charge in [-0.25, -0.2) is 10.4 Å². The van der Waals surface area contributed by atoms with Gasteiger partial charge in [0.25, 0.3) is 11.8 Å². The number of methoxy groups -OCH3 is 1. The molecule has 3 aliphatic heterocycles. The summed E-state index contributed by atoms with van der Waals surface area (Å²) in [5, 5.41) is 4.40. The van der Waals surface area contributed by atoms with Gasteiger partial charge in [0.2, 0.25) is 0 Å². The Labute approximate surface area is 124 Å². The van der Waals surface area contributed by atoms with E-state index < -0.39 is 0 Å². The Morgan fingerprint density at radius 1 is 1.43 bits per heavy atom. The first-order chi connectivity index (χ1) is 10.6. The maximum absolute atomic E-state index is 12.7. The lowest BCUT2D eigenvalue weighted by Gasteiger charge is -2.27. The molecule has 0 bridgehead atoms. The molecule has 1 fully saturated rings. The summed E-state index contributed by atoms with van der Waals surface area (Å²) < 4.78 is 13.2. The first-order valence-electron chi connectivity index (χ1n) is 7.69. The molecule has 1 atom stereocenters. The van der Waals surface area contributed by atoms with E-state index in [0.29, 0.717) is 36.2 Å². The average Bonchev–Trinajstić information content (AvgIpc) is 3.22. The standard InChI is InChI=1S/C14H18N4O3/c1-21-5-4-17-7-9-12(14(17)20)15-11-6-10(8-2-3-8)16-18(11)13(9)19/h6,8,10,15-16H,2-5,7H2,1H3/i/hD. The third-order valence-corrected chi connectivity index (χ3v) is 4.33. The zero-order valence-corrected chi connectivity index (χ0v) is 11.8. The number of hydrazine groups is 1. The molecule has 3 heterocycles. The number of carbonyl (C=O) groups is 2. The third kappa shape index (κ3) is 1.96. The van der Waals surface area contributed by atoms with Crippen LogP contribution in [0.1, 0.15) is 12.8 Å². The molecule has 0 aromatic rings. The molecule has 7 nitrogen and oxygen atoms in total. The summed E-state index contributed by atoms with van der Waals surface area (Å²) in [7, 11) is 1.58. The number of nitrogens with zero attached hydrogens (tertiary/aromatic N) is 2. The minimum atomic E-state index is -0.272. The molecule has 1 aliphatic carbocycles. The number of fused-ring (bicyclic) bond motifs is 1. The molecule has 0 aromatic heterocycles. The minimum Gasteiger partial charge on any atom is -0.383 e. The van der Waals surface area contributed by atoms with Crippen molar-refractivity contribution in [3.05, 3.63) is 23.2 Å². The lowest BCUT2D eigenvalue weighted by Crippen LogP contribution is -2.48. The van der Waals surface area contributed by atoms with Crippen LogP contribution in [0.4, 0.5) is 0 Å². The van der Waals surface area contributed by atoms with Gasteiger partial charge in [0.05, 0.1) is 24.8 Å². The summed E-state index contributed by atoms with van der Waals surface area (Å²) in [5.74, 6) is 0.533. The van der Waals surface area contributed by atoms with E-state index in [-0.39, 0.29) is 24.4 Å². The number of nitrogens with one attached hydrogen (secondary N) is 2. The Bertz CT molecular complexity index is 613. The van der Waals surface area contributed by atoms with Gasteiger partial charge in [0.15, 0.2) is 0 Å². The zero-order valence-electron chi connectivity index (χ0n) is 12.8. The zero-order chi connectivity index (χ0) is 15.4. The van der Waals surface area contributed by atoms with E-state index in [1.54, 1.807) is 12.0 Å². The van der Waals surface area contributed by atoms with E-state index in [4.69, 9.17) is 6.15 Å². The molecular formula is C14H18N4O3. The summed E-state index contributed by atoms with van der Waals surface area (Å²) >= 11 is 0. The summed E-state index contributed by atoms with van der Waals surface area (Å²) in [6.07, 6.45) is 4.06. The predicted molar refractivity (Wildman–Crippen MR) is 73.2 cm³/mol. The largest absolute Gasteiger partial charge is 0.383 e. The van der Waals surface area contributed by atoms with Gasteiger partial charge in [0, 0.05) is 13.7 Å². The van der Waals surface area contributed by atoms with Crippen molar-refractivity contribution in [2.24, 2.45) is 5.92 Å². The van der Waals surface area contributed by atoms with E-state index in [9.17, 15) is 9.59 Å². The molecule has 0 aromatic carbocycles. The Morgan fingerprint density at radius 2 is 2.24 bits per heavy atom. The van der Waals surface area contributed by atoms with Gasteiger partial charge < -0.3 is 15.0 Å². The smallest absolute Gasteiger partial charge is 0.274 e. The minimum absolute atomic E-state index is 0.0776. The topological polar surface area (TPSA) is 73.9 Å². The van der Waals surface area contributed by atoms with Gasteiger partial charge in [-0.3, -0.25) is 9.59 Å². The number of hydrogen-bond donors (Lipinski definition) is 2. The van der Waals surface area contributed by atoms with Crippen molar-refractivity contribution in [2.75, 3.05) is 26.8 Å². The molecular weight excluding hydrogens is 272 g/mol. The van der Waals surface area contributed by atoms with Crippen LogP contribution in [0.15, 0.2) is 23.2 Å². The SMILES string of the molecule is [2H]N1C(C2CC2)C=C2NC3=C(CN(CCOC)C3=O)C(=O)N21. The second-order valence-corrected chi connectivity index (χ2v) is 5.81. The highest BCUT2D eigenvalue weighted by atomic mass is 16.5. The molecule has 0 spiro atoms. The summed E-state index contributed by atoms with van der Waals surface area (Å²) in [5.41, 5.74) is 2.04. The maximum Gasteiger partial charge on any atom is 0.274 e. The van der Waals surface area contributed by atoms with Gasteiger partial charge >= 0.3 is 0 Å². The van der Waals surface area contributed by atoms with Gasteiger partial charge in [-0.15, -0.1) is 0 Å². The molecule has 21 heavy (non-hydrogen) atoms. The molecule has 1 saturated carbocycles. The van der Waals surface area contributed by atoms with Gasteiger partial charge in [-0.1, -0.05) is 0 Å². The third-order valence-electron chi connectivity index (χ3n) is 4.33. The first-order valence-corrected chi connectivity index (χ1v) is 7.24. The first kappa shape index (κ1) is 11.8. The Hall–Kier alpha value is -1.86. The highest BCUT2D eigenvalue weighted by Gasteiger charge is 2.45. The van der Waals surface area contributed by atoms with E-state index >= 15 is 0 Å². The number of carbonyl (C=O) groups excluding carboxylic acids is 2. The molecule has 0 saturated heterocycles. The predicted octanol–water partition coefficient (Wildman–Crippen LogP) is -0.701. The van der Waals surface area contributed by atoms with Crippen LogP contribution in [-0.4, -0.2) is 54.6 Å². The quantitative estimate of drug-likeness (QED) is 0.716. The van der Waals surface area contributed by atoms with Crippen molar-refractivity contribution in [1.29, 1.82) is 0 Å². The van der Waals surface area contributed by atoms with Crippen LogP contribution >= 0.6 is 0 Å². The molecule has 112 valence electrons. The molecule has 0 radical (unpaired) electrons. The molecule has 7 heteroatoms. The number of rotatable bonds is 4. The fourth-order valence-corrected chi connectivity index (χ4v) is 2.96. The van der Waals surface area contributed by atoms with Gasteiger partial charge in [-0.05, 0) is 24.8 Å². The van der Waals surface area contributed by atoms with Crippen LogP contribution in [0.25, 0.3) is 0 Å².